The molecule has 0 spiro atoms. The Labute approximate surface area is 53.8 Å². The van der Waals surface area contributed by atoms with Crippen molar-refractivity contribution in [1.82, 2.24) is 0 Å². The van der Waals surface area contributed by atoms with Crippen LogP contribution in [-0.2, 0) is 4.74 Å². The lowest BCUT2D eigenvalue weighted by Crippen LogP contribution is -2.37. The SMILES string of the molecule is COC(F)(F)C(F)C(F)F. The third-order valence-corrected chi connectivity index (χ3v) is 0.814. The van der Waals surface area contributed by atoms with Crippen LogP contribution in [0.5, 0.6) is 0 Å². The van der Waals surface area contributed by atoms with E-state index < -0.39 is 18.7 Å². The van der Waals surface area contributed by atoms with Gasteiger partial charge in [-0.2, -0.15) is 8.78 Å². The molecule has 0 saturated carbocycles. The molecule has 1 unspecified atom stereocenters. The smallest absolute Gasteiger partial charge is 0.321 e. The Bertz CT molecular complexity index is 104. The van der Waals surface area contributed by atoms with E-state index in [9.17, 15) is 22.0 Å². The average molecular weight is 164 g/mol. The molecule has 0 heterocycles. The molecule has 10 heavy (non-hydrogen) atoms. The molecule has 0 aliphatic rings. The highest BCUT2D eigenvalue weighted by Crippen LogP contribution is 2.26. The van der Waals surface area contributed by atoms with Gasteiger partial charge >= 0.3 is 6.11 Å². The maximum Gasteiger partial charge on any atom is 0.392 e. The van der Waals surface area contributed by atoms with Crippen molar-refractivity contribution < 1.29 is 26.7 Å². The molecule has 0 aromatic carbocycles. The molecular weight excluding hydrogens is 159 g/mol. The summed E-state index contributed by atoms with van der Waals surface area (Å²) in [5, 5.41) is 0. The van der Waals surface area contributed by atoms with E-state index in [0.29, 0.717) is 7.11 Å². The number of hydrogen-bond donors (Lipinski definition) is 0. The van der Waals surface area contributed by atoms with Crippen molar-refractivity contribution in [3.8, 4) is 0 Å². The Hall–Kier alpha value is -0.390. The number of ether oxygens (including phenoxy) is 1. The first kappa shape index (κ1) is 9.61. The van der Waals surface area contributed by atoms with E-state index in [0.717, 1.165) is 0 Å². The van der Waals surface area contributed by atoms with E-state index in [2.05, 4.69) is 4.74 Å². The minimum atomic E-state index is -4.39. The van der Waals surface area contributed by atoms with Crippen molar-refractivity contribution in [2.24, 2.45) is 0 Å². The lowest BCUT2D eigenvalue weighted by Gasteiger charge is -2.16. The van der Waals surface area contributed by atoms with Crippen LogP contribution < -0.4 is 0 Å². The van der Waals surface area contributed by atoms with Crippen LogP contribution in [0, 0.1) is 0 Å². The van der Waals surface area contributed by atoms with Gasteiger partial charge in [0, 0.05) is 7.11 Å². The van der Waals surface area contributed by atoms with Gasteiger partial charge in [0.1, 0.15) is 0 Å². The standard InChI is InChI=1S/C4H5F5O/c1-10-4(8,9)2(5)3(6)7/h2-3H,1H3. The molecule has 1 nitrogen and oxygen atoms in total. The first-order chi connectivity index (χ1) is 4.41. The molecule has 6 heteroatoms. The minimum absolute atomic E-state index is 0.453. The quantitative estimate of drug-likeness (QED) is 0.578. The van der Waals surface area contributed by atoms with Gasteiger partial charge in [0.2, 0.25) is 0 Å². The monoisotopic (exact) mass is 164 g/mol. The summed E-state index contributed by atoms with van der Waals surface area (Å²) < 4.78 is 60.6. The van der Waals surface area contributed by atoms with Gasteiger partial charge in [0.15, 0.2) is 0 Å². The van der Waals surface area contributed by atoms with Gasteiger partial charge in [0.05, 0.1) is 0 Å². The summed E-state index contributed by atoms with van der Waals surface area (Å²) in [6.45, 7) is 0. The zero-order chi connectivity index (χ0) is 8.36. The topological polar surface area (TPSA) is 9.23 Å². The number of rotatable bonds is 3. The van der Waals surface area contributed by atoms with Gasteiger partial charge in [0.25, 0.3) is 12.6 Å². The van der Waals surface area contributed by atoms with E-state index in [-0.39, 0.29) is 0 Å². The predicted molar refractivity (Wildman–Crippen MR) is 22.9 cm³/mol. The van der Waals surface area contributed by atoms with Crippen molar-refractivity contribution in [1.29, 1.82) is 0 Å². The molecular formula is C4H5F5O. The van der Waals surface area contributed by atoms with Crippen LogP contribution in [0.4, 0.5) is 22.0 Å². The highest BCUT2D eigenvalue weighted by Gasteiger charge is 2.46. The highest BCUT2D eigenvalue weighted by molar-refractivity contribution is 4.68. The summed E-state index contributed by atoms with van der Waals surface area (Å²) in [6.07, 6.45) is -11.7. The van der Waals surface area contributed by atoms with Gasteiger partial charge in [-0.15, -0.1) is 0 Å². The van der Waals surface area contributed by atoms with Crippen LogP contribution in [-0.4, -0.2) is 25.8 Å². The van der Waals surface area contributed by atoms with Crippen LogP contribution in [0.1, 0.15) is 0 Å². The molecule has 0 aliphatic carbocycles. The maximum absolute atomic E-state index is 11.7. The normalized spacial score (nSPS) is 15.9. The Morgan fingerprint density at radius 1 is 1.20 bits per heavy atom. The summed E-state index contributed by atoms with van der Waals surface area (Å²) in [4.78, 5) is 0. The molecule has 0 radical (unpaired) electrons. The van der Waals surface area contributed by atoms with Crippen LogP contribution in [0.25, 0.3) is 0 Å². The van der Waals surface area contributed by atoms with Gasteiger partial charge in [-0.05, 0) is 0 Å². The average Bonchev–Trinajstić information content (AvgIpc) is 1.86. The lowest BCUT2D eigenvalue weighted by molar-refractivity contribution is -0.279. The van der Waals surface area contributed by atoms with Crippen LogP contribution in [0.2, 0.25) is 0 Å². The highest BCUT2D eigenvalue weighted by atomic mass is 19.3. The van der Waals surface area contributed by atoms with Gasteiger partial charge in [-0.3, -0.25) is 0 Å². The first-order valence-electron chi connectivity index (χ1n) is 2.27. The van der Waals surface area contributed by atoms with E-state index in [1.165, 1.54) is 0 Å². The zero-order valence-electron chi connectivity index (χ0n) is 4.95. The molecule has 0 amide bonds. The molecule has 62 valence electrons. The van der Waals surface area contributed by atoms with Crippen molar-refractivity contribution >= 4 is 0 Å². The van der Waals surface area contributed by atoms with Crippen LogP contribution in [0.3, 0.4) is 0 Å². The molecule has 0 rings (SSSR count). The van der Waals surface area contributed by atoms with Gasteiger partial charge in [-0.1, -0.05) is 0 Å². The van der Waals surface area contributed by atoms with Gasteiger partial charge < -0.3 is 4.74 Å². The fourth-order valence-corrected chi connectivity index (χ4v) is 0.259. The van der Waals surface area contributed by atoms with E-state index in [4.69, 9.17) is 0 Å². The molecule has 0 fully saturated rings. The molecule has 1 atom stereocenters. The third-order valence-electron chi connectivity index (χ3n) is 0.814. The molecule has 0 N–H and O–H groups in total. The number of hydrogen-bond acceptors (Lipinski definition) is 1. The van der Waals surface area contributed by atoms with Crippen molar-refractivity contribution in [2.45, 2.75) is 18.7 Å². The minimum Gasteiger partial charge on any atom is -0.321 e. The molecule has 0 aromatic rings. The summed E-state index contributed by atoms with van der Waals surface area (Å²) in [5.41, 5.74) is 0. The third kappa shape index (κ3) is 2.09. The first-order valence-corrected chi connectivity index (χ1v) is 2.27. The summed E-state index contributed by atoms with van der Waals surface area (Å²) in [5.74, 6) is 0. The Morgan fingerprint density at radius 3 is 1.70 bits per heavy atom. The number of methoxy groups -OCH3 is 1. The van der Waals surface area contributed by atoms with E-state index >= 15 is 0 Å². The zero-order valence-corrected chi connectivity index (χ0v) is 4.95. The summed E-state index contributed by atoms with van der Waals surface area (Å²) in [7, 11) is 0.453. The fourth-order valence-electron chi connectivity index (χ4n) is 0.259. The van der Waals surface area contributed by atoms with Crippen molar-refractivity contribution in [2.75, 3.05) is 7.11 Å². The van der Waals surface area contributed by atoms with Crippen molar-refractivity contribution in [3.05, 3.63) is 0 Å². The van der Waals surface area contributed by atoms with Crippen LogP contribution >= 0.6 is 0 Å². The Morgan fingerprint density at radius 2 is 1.60 bits per heavy atom. The fraction of sp³-hybridized carbons (Fsp3) is 1.00. The largest absolute Gasteiger partial charge is 0.392 e. The predicted octanol–water partition coefficient (Wildman–Crippen LogP) is 1.83. The number of alkyl halides is 5. The maximum atomic E-state index is 11.7. The van der Waals surface area contributed by atoms with Gasteiger partial charge in [-0.25, -0.2) is 13.2 Å². The lowest BCUT2D eigenvalue weighted by atomic mass is 10.4. The van der Waals surface area contributed by atoms with Crippen molar-refractivity contribution in [3.63, 3.8) is 0 Å². The van der Waals surface area contributed by atoms with E-state index in [1.807, 2.05) is 0 Å². The molecule has 0 saturated heterocycles. The summed E-state index contributed by atoms with van der Waals surface area (Å²) in [6, 6.07) is 0. The molecule has 0 aromatic heterocycles. The molecule has 0 aliphatic heterocycles. The second-order valence-corrected chi connectivity index (χ2v) is 1.50. The van der Waals surface area contributed by atoms with E-state index in [1.54, 1.807) is 0 Å². The Kier molecular flexibility index (Phi) is 3.01. The summed E-state index contributed by atoms with van der Waals surface area (Å²) >= 11 is 0. The second kappa shape index (κ2) is 3.14. The molecule has 0 bridgehead atoms. The Balaban J connectivity index is 4.03. The number of halogens is 5. The van der Waals surface area contributed by atoms with Crippen LogP contribution in [0.15, 0.2) is 0 Å². The second-order valence-electron chi connectivity index (χ2n) is 1.50.